The molecule has 4 nitrogen and oxygen atoms in total. The van der Waals surface area contributed by atoms with E-state index in [4.69, 9.17) is 4.74 Å². The molecule has 2 aromatic rings. The van der Waals surface area contributed by atoms with Crippen molar-refractivity contribution >= 4 is 11.9 Å². The van der Waals surface area contributed by atoms with E-state index in [1.807, 2.05) is 30.3 Å². The number of ether oxygens (including phenoxy) is 1. The van der Waals surface area contributed by atoms with E-state index in [9.17, 15) is 9.59 Å². The molecule has 0 spiro atoms. The van der Waals surface area contributed by atoms with Gasteiger partial charge in [0.1, 0.15) is 5.75 Å². The summed E-state index contributed by atoms with van der Waals surface area (Å²) in [5, 5.41) is 0. The first-order valence-corrected chi connectivity index (χ1v) is 6.65. The molecule has 0 unspecified atom stereocenters. The summed E-state index contributed by atoms with van der Waals surface area (Å²) in [5.41, 5.74) is 1.42. The quantitative estimate of drug-likeness (QED) is 0.640. The number of benzene rings is 2. The highest BCUT2D eigenvalue weighted by molar-refractivity contribution is 5.97. The first-order chi connectivity index (χ1) is 10.1. The van der Waals surface area contributed by atoms with Gasteiger partial charge in [-0.2, -0.15) is 0 Å². The molecule has 0 bridgehead atoms. The van der Waals surface area contributed by atoms with Gasteiger partial charge in [0.05, 0.1) is 5.56 Å². The minimum Gasteiger partial charge on any atom is -0.426 e. The Balaban J connectivity index is 2.17. The van der Waals surface area contributed by atoms with Crippen molar-refractivity contribution in [3.8, 4) is 5.75 Å². The van der Waals surface area contributed by atoms with Crippen molar-refractivity contribution in [3.63, 3.8) is 0 Å². The molecular weight excluding hydrogens is 266 g/mol. The Bertz CT molecular complexity index is 637. The van der Waals surface area contributed by atoms with E-state index < -0.39 is 5.97 Å². The van der Waals surface area contributed by atoms with Crippen LogP contribution in [0, 0.1) is 0 Å². The van der Waals surface area contributed by atoms with Gasteiger partial charge >= 0.3 is 5.97 Å². The van der Waals surface area contributed by atoms with Gasteiger partial charge in [-0.3, -0.25) is 9.59 Å². The summed E-state index contributed by atoms with van der Waals surface area (Å²) in [5.74, 6) is -0.341. The zero-order chi connectivity index (χ0) is 15.2. The van der Waals surface area contributed by atoms with E-state index in [1.165, 1.54) is 6.92 Å². The van der Waals surface area contributed by atoms with Crippen molar-refractivity contribution in [1.82, 2.24) is 4.90 Å². The third-order valence-electron chi connectivity index (χ3n) is 2.98. The number of amides is 1. The van der Waals surface area contributed by atoms with Crippen molar-refractivity contribution in [3.05, 3.63) is 65.7 Å². The zero-order valence-corrected chi connectivity index (χ0v) is 12.1. The standard InChI is InChI=1S/C17H17NO3/c1-13(19)21-16-11-7-6-10-15(16)17(20)18(2)12-14-8-4-3-5-9-14/h3-11H,12H2,1-2H3. The summed E-state index contributed by atoms with van der Waals surface area (Å²) in [6.07, 6.45) is 0. The lowest BCUT2D eigenvalue weighted by Crippen LogP contribution is -2.26. The average Bonchev–Trinajstić information content (AvgIpc) is 2.47. The molecule has 0 aliphatic rings. The molecule has 108 valence electrons. The molecule has 1 amide bonds. The van der Waals surface area contributed by atoms with Crippen molar-refractivity contribution in [2.75, 3.05) is 7.05 Å². The molecular formula is C17H17NO3. The number of carbonyl (C=O) groups is 2. The Hall–Kier alpha value is -2.62. The lowest BCUT2D eigenvalue weighted by molar-refractivity contribution is -0.131. The highest BCUT2D eigenvalue weighted by Crippen LogP contribution is 2.20. The van der Waals surface area contributed by atoms with Crippen molar-refractivity contribution in [2.24, 2.45) is 0 Å². The van der Waals surface area contributed by atoms with Crippen molar-refractivity contribution < 1.29 is 14.3 Å². The second-order valence-corrected chi connectivity index (χ2v) is 4.74. The molecule has 0 atom stereocenters. The van der Waals surface area contributed by atoms with Crippen LogP contribution in [0.2, 0.25) is 0 Å². The van der Waals surface area contributed by atoms with Crippen LogP contribution in [0.5, 0.6) is 5.75 Å². The summed E-state index contributed by atoms with van der Waals surface area (Å²) in [6.45, 7) is 1.81. The van der Waals surface area contributed by atoms with E-state index in [0.717, 1.165) is 5.56 Å². The lowest BCUT2D eigenvalue weighted by Gasteiger charge is -2.18. The largest absolute Gasteiger partial charge is 0.426 e. The topological polar surface area (TPSA) is 46.6 Å². The van der Waals surface area contributed by atoms with E-state index >= 15 is 0 Å². The Kier molecular flexibility index (Phi) is 4.72. The van der Waals surface area contributed by atoms with Crippen LogP contribution in [0.4, 0.5) is 0 Å². The Labute approximate surface area is 124 Å². The molecule has 4 heteroatoms. The highest BCUT2D eigenvalue weighted by Gasteiger charge is 2.17. The van der Waals surface area contributed by atoms with Gasteiger partial charge < -0.3 is 9.64 Å². The van der Waals surface area contributed by atoms with Crippen LogP contribution in [0.1, 0.15) is 22.8 Å². The Morgan fingerprint density at radius 1 is 1.00 bits per heavy atom. The van der Waals surface area contributed by atoms with Crippen LogP contribution in [0.15, 0.2) is 54.6 Å². The zero-order valence-electron chi connectivity index (χ0n) is 12.1. The fourth-order valence-electron chi connectivity index (χ4n) is 2.02. The van der Waals surface area contributed by atoms with E-state index in [0.29, 0.717) is 12.1 Å². The van der Waals surface area contributed by atoms with Crippen LogP contribution in [-0.4, -0.2) is 23.8 Å². The molecule has 0 saturated carbocycles. The van der Waals surface area contributed by atoms with Gasteiger partial charge in [-0.1, -0.05) is 42.5 Å². The molecule has 0 saturated heterocycles. The van der Waals surface area contributed by atoms with Crippen molar-refractivity contribution in [2.45, 2.75) is 13.5 Å². The smallest absolute Gasteiger partial charge is 0.308 e. The predicted octanol–water partition coefficient (Wildman–Crippen LogP) is 2.88. The van der Waals surface area contributed by atoms with Crippen LogP contribution in [0.25, 0.3) is 0 Å². The monoisotopic (exact) mass is 283 g/mol. The summed E-state index contributed by atoms with van der Waals surface area (Å²) in [6, 6.07) is 16.5. The van der Waals surface area contributed by atoms with Gasteiger partial charge in [0.25, 0.3) is 5.91 Å². The van der Waals surface area contributed by atoms with E-state index in [2.05, 4.69) is 0 Å². The Morgan fingerprint density at radius 2 is 1.62 bits per heavy atom. The van der Waals surface area contributed by atoms with E-state index in [-0.39, 0.29) is 11.7 Å². The van der Waals surface area contributed by atoms with Crippen molar-refractivity contribution in [1.29, 1.82) is 0 Å². The Morgan fingerprint density at radius 3 is 2.29 bits per heavy atom. The number of rotatable bonds is 4. The number of carbonyl (C=O) groups excluding carboxylic acids is 2. The number of nitrogens with zero attached hydrogens (tertiary/aromatic N) is 1. The highest BCUT2D eigenvalue weighted by atomic mass is 16.5. The first-order valence-electron chi connectivity index (χ1n) is 6.65. The first kappa shape index (κ1) is 14.8. The molecule has 0 aliphatic carbocycles. The van der Waals surface area contributed by atoms with Gasteiger partial charge in [0.15, 0.2) is 0 Å². The number of hydrogen-bond donors (Lipinski definition) is 0. The summed E-state index contributed by atoms with van der Waals surface area (Å²) >= 11 is 0. The number of hydrogen-bond acceptors (Lipinski definition) is 3. The molecule has 2 rings (SSSR count). The minimum atomic E-state index is -0.444. The third-order valence-corrected chi connectivity index (χ3v) is 2.98. The maximum Gasteiger partial charge on any atom is 0.308 e. The van der Waals surface area contributed by atoms with Crippen LogP contribution >= 0.6 is 0 Å². The van der Waals surface area contributed by atoms with Gasteiger partial charge in [-0.25, -0.2) is 0 Å². The molecule has 0 heterocycles. The summed E-state index contributed by atoms with van der Waals surface area (Å²) < 4.78 is 5.08. The van der Waals surface area contributed by atoms with Gasteiger partial charge in [0, 0.05) is 20.5 Å². The third kappa shape index (κ3) is 3.92. The maximum atomic E-state index is 12.5. The minimum absolute atomic E-state index is 0.185. The molecule has 2 aromatic carbocycles. The fourth-order valence-corrected chi connectivity index (χ4v) is 2.02. The van der Waals surface area contributed by atoms with Crippen LogP contribution in [-0.2, 0) is 11.3 Å². The molecule has 21 heavy (non-hydrogen) atoms. The second kappa shape index (κ2) is 6.70. The average molecular weight is 283 g/mol. The van der Waals surface area contributed by atoms with E-state index in [1.54, 1.807) is 36.2 Å². The van der Waals surface area contributed by atoms with Crippen LogP contribution < -0.4 is 4.74 Å². The molecule has 0 radical (unpaired) electrons. The SMILES string of the molecule is CC(=O)Oc1ccccc1C(=O)N(C)Cc1ccccc1. The molecule has 0 fully saturated rings. The summed E-state index contributed by atoms with van der Waals surface area (Å²) in [4.78, 5) is 25.2. The fraction of sp³-hybridized carbons (Fsp3) is 0.176. The maximum absolute atomic E-state index is 12.5. The normalized spacial score (nSPS) is 10.0. The van der Waals surface area contributed by atoms with Gasteiger partial charge in [-0.15, -0.1) is 0 Å². The predicted molar refractivity (Wildman–Crippen MR) is 80.0 cm³/mol. The van der Waals surface area contributed by atoms with Gasteiger partial charge in [-0.05, 0) is 17.7 Å². The lowest BCUT2D eigenvalue weighted by atomic mass is 10.1. The number of para-hydroxylation sites is 1. The van der Waals surface area contributed by atoms with Crippen LogP contribution in [0.3, 0.4) is 0 Å². The molecule has 0 aliphatic heterocycles. The van der Waals surface area contributed by atoms with Gasteiger partial charge in [0.2, 0.25) is 0 Å². The number of esters is 1. The summed E-state index contributed by atoms with van der Waals surface area (Å²) in [7, 11) is 1.72. The second-order valence-electron chi connectivity index (χ2n) is 4.74. The molecule has 0 N–H and O–H groups in total. The molecule has 0 aromatic heterocycles.